The quantitative estimate of drug-likeness (QED) is 0.564. The molecule has 0 aliphatic rings. The molecule has 0 saturated carbocycles. The normalized spacial score (nSPS) is 11.4. The lowest BCUT2D eigenvalue weighted by Gasteiger charge is -2.14. The average molecular weight is 342 g/mol. The first-order chi connectivity index (χ1) is 10.9. The van der Waals surface area contributed by atoms with Gasteiger partial charge in [-0.25, -0.2) is 4.79 Å². The van der Waals surface area contributed by atoms with Crippen molar-refractivity contribution in [2.75, 3.05) is 32.0 Å². The van der Waals surface area contributed by atoms with Gasteiger partial charge < -0.3 is 15.5 Å². The molecule has 0 fully saturated rings. The third-order valence-corrected chi connectivity index (χ3v) is 3.19. The Kier molecular flexibility index (Phi) is 8.07. The molecular formula is C15H22ClN4O3+. The molecule has 1 rings (SSSR count). The zero-order valence-electron chi connectivity index (χ0n) is 13.2. The van der Waals surface area contributed by atoms with E-state index in [9.17, 15) is 14.4 Å². The molecule has 0 aliphatic heterocycles. The van der Waals surface area contributed by atoms with E-state index in [0.29, 0.717) is 22.2 Å². The maximum Gasteiger partial charge on any atom is 0.321 e. The number of hydrogen-bond donors (Lipinski definition) is 4. The maximum absolute atomic E-state index is 11.9. The van der Waals surface area contributed by atoms with Crippen LogP contribution in [0, 0.1) is 0 Å². The highest BCUT2D eigenvalue weighted by molar-refractivity contribution is 6.33. The molecule has 0 radical (unpaired) electrons. The first-order valence-corrected chi connectivity index (χ1v) is 7.73. The molecule has 1 aromatic rings. The van der Waals surface area contributed by atoms with Crippen LogP contribution in [0.4, 0.5) is 10.5 Å². The minimum atomic E-state index is -0.523. The molecule has 1 aromatic carbocycles. The molecule has 7 nitrogen and oxygen atoms in total. The number of amides is 4. The van der Waals surface area contributed by atoms with Gasteiger partial charge in [0.2, 0.25) is 0 Å². The molecule has 1 unspecified atom stereocenters. The summed E-state index contributed by atoms with van der Waals surface area (Å²) in [6.07, 6.45) is 0.787. The van der Waals surface area contributed by atoms with Crippen molar-refractivity contribution < 1.29 is 19.3 Å². The zero-order valence-corrected chi connectivity index (χ0v) is 14.0. The summed E-state index contributed by atoms with van der Waals surface area (Å²) < 4.78 is 0. The standard InChI is InChI=1S/C15H21ClN4O3/c1-3-8-17-15(23)19-14(22)10-20(2)9-13(21)18-12-7-5-4-6-11(12)16/h4-7H,3,8-10H2,1-2H3,(H,18,21)(H2,17,19,22,23)/p+1. The van der Waals surface area contributed by atoms with Crippen molar-refractivity contribution in [3.8, 4) is 0 Å². The van der Waals surface area contributed by atoms with Crippen LogP contribution in [0.2, 0.25) is 5.02 Å². The first-order valence-electron chi connectivity index (χ1n) is 7.35. The number of urea groups is 1. The van der Waals surface area contributed by atoms with Crippen LogP contribution < -0.4 is 20.9 Å². The van der Waals surface area contributed by atoms with Crippen LogP contribution in [0.1, 0.15) is 13.3 Å². The molecule has 4 N–H and O–H groups in total. The minimum Gasteiger partial charge on any atom is -0.338 e. The van der Waals surface area contributed by atoms with E-state index in [2.05, 4.69) is 16.0 Å². The monoisotopic (exact) mass is 341 g/mol. The average Bonchev–Trinajstić information content (AvgIpc) is 2.47. The van der Waals surface area contributed by atoms with Gasteiger partial charge >= 0.3 is 6.03 Å². The zero-order chi connectivity index (χ0) is 17.2. The molecule has 0 aliphatic carbocycles. The number of halogens is 1. The lowest BCUT2D eigenvalue weighted by Crippen LogP contribution is -3.11. The smallest absolute Gasteiger partial charge is 0.321 e. The largest absolute Gasteiger partial charge is 0.338 e. The summed E-state index contributed by atoms with van der Waals surface area (Å²) in [5.41, 5.74) is 0.523. The Morgan fingerprint density at radius 2 is 1.78 bits per heavy atom. The predicted molar refractivity (Wildman–Crippen MR) is 88.5 cm³/mol. The number of nitrogens with one attached hydrogen (secondary N) is 4. The molecule has 126 valence electrons. The highest BCUT2D eigenvalue weighted by atomic mass is 35.5. The summed E-state index contributed by atoms with van der Waals surface area (Å²) in [4.78, 5) is 35.6. The highest BCUT2D eigenvalue weighted by Gasteiger charge is 2.16. The van der Waals surface area contributed by atoms with Gasteiger partial charge in [0.05, 0.1) is 17.8 Å². The summed E-state index contributed by atoms with van der Waals surface area (Å²) in [7, 11) is 1.69. The fraction of sp³-hybridized carbons (Fsp3) is 0.400. The summed E-state index contributed by atoms with van der Waals surface area (Å²) >= 11 is 5.96. The Balaban J connectivity index is 2.36. The van der Waals surface area contributed by atoms with E-state index in [1.54, 1.807) is 31.3 Å². The van der Waals surface area contributed by atoms with Gasteiger partial charge in [0.1, 0.15) is 0 Å². The van der Waals surface area contributed by atoms with Crippen molar-refractivity contribution >= 4 is 35.1 Å². The van der Waals surface area contributed by atoms with E-state index in [-0.39, 0.29) is 19.0 Å². The topological polar surface area (TPSA) is 91.7 Å². The number of anilines is 1. The van der Waals surface area contributed by atoms with E-state index < -0.39 is 11.9 Å². The second kappa shape index (κ2) is 9.81. The van der Waals surface area contributed by atoms with Crippen molar-refractivity contribution in [3.05, 3.63) is 29.3 Å². The second-order valence-corrected chi connectivity index (χ2v) is 5.55. The molecule has 0 spiro atoms. The molecule has 4 amide bonds. The Morgan fingerprint density at radius 3 is 2.43 bits per heavy atom. The number of rotatable bonds is 7. The SMILES string of the molecule is CCCNC(=O)NC(=O)C[NH+](C)CC(=O)Nc1ccccc1Cl. The fourth-order valence-corrected chi connectivity index (χ4v) is 2.00. The minimum absolute atomic E-state index is 0.00941. The van der Waals surface area contributed by atoms with Gasteiger partial charge in [-0.1, -0.05) is 30.7 Å². The Hall–Kier alpha value is -2.12. The number of para-hydroxylation sites is 1. The third kappa shape index (κ3) is 7.62. The number of imide groups is 1. The molecule has 0 saturated heterocycles. The lowest BCUT2D eigenvalue weighted by atomic mass is 10.3. The molecule has 1 atom stereocenters. The first kappa shape index (κ1) is 18.9. The third-order valence-electron chi connectivity index (χ3n) is 2.86. The number of likely N-dealkylation sites (N-methyl/N-ethyl adjacent to an activating group) is 1. The lowest BCUT2D eigenvalue weighted by molar-refractivity contribution is -0.862. The van der Waals surface area contributed by atoms with Crippen molar-refractivity contribution in [1.82, 2.24) is 10.6 Å². The van der Waals surface area contributed by atoms with Crippen molar-refractivity contribution in [2.24, 2.45) is 0 Å². The Morgan fingerprint density at radius 1 is 1.13 bits per heavy atom. The van der Waals surface area contributed by atoms with E-state index in [0.717, 1.165) is 6.42 Å². The molecular weight excluding hydrogens is 320 g/mol. The van der Waals surface area contributed by atoms with E-state index >= 15 is 0 Å². The molecule has 8 heteroatoms. The number of carbonyl (C=O) groups is 3. The fourth-order valence-electron chi connectivity index (χ4n) is 1.82. The molecule has 23 heavy (non-hydrogen) atoms. The highest BCUT2D eigenvalue weighted by Crippen LogP contribution is 2.19. The summed E-state index contributed by atoms with van der Waals surface area (Å²) in [5, 5.41) is 7.89. The number of quaternary nitrogens is 1. The van der Waals surface area contributed by atoms with E-state index in [1.165, 1.54) is 0 Å². The van der Waals surface area contributed by atoms with Gasteiger partial charge in [0.15, 0.2) is 13.1 Å². The van der Waals surface area contributed by atoms with Crippen LogP contribution in [0.5, 0.6) is 0 Å². The number of hydrogen-bond acceptors (Lipinski definition) is 3. The van der Waals surface area contributed by atoms with Gasteiger partial charge in [0, 0.05) is 6.54 Å². The van der Waals surface area contributed by atoms with Crippen LogP contribution >= 0.6 is 11.6 Å². The van der Waals surface area contributed by atoms with Crippen LogP contribution in [0.25, 0.3) is 0 Å². The maximum atomic E-state index is 11.9. The van der Waals surface area contributed by atoms with Crippen LogP contribution in [0.3, 0.4) is 0 Å². The van der Waals surface area contributed by atoms with E-state index in [1.807, 2.05) is 6.92 Å². The number of carbonyl (C=O) groups excluding carboxylic acids is 3. The van der Waals surface area contributed by atoms with Crippen molar-refractivity contribution in [3.63, 3.8) is 0 Å². The molecule has 0 bridgehead atoms. The van der Waals surface area contributed by atoms with Crippen molar-refractivity contribution in [2.45, 2.75) is 13.3 Å². The van der Waals surface area contributed by atoms with Crippen LogP contribution in [-0.2, 0) is 9.59 Å². The van der Waals surface area contributed by atoms with Gasteiger partial charge in [-0.05, 0) is 18.6 Å². The second-order valence-electron chi connectivity index (χ2n) is 5.14. The van der Waals surface area contributed by atoms with Crippen molar-refractivity contribution in [1.29, 1.82) is 0 Å². The summed E-state index contributed by atoms with van der Waals surface area (Å²) in [6.45, 7) is 2.50. The van der Waals surface area contributed by atoms with Gasteiger partial charge in [-0.2, -0.15) is 0 Å². The van der Waals surface area contributed by atoms with Gasteiger partial charge in [0.25, 0.3) is 11.8 Å². The Labute approximate surface area is 140 Å². The van der Waals surface area contributed by atoms with Crippen LogP contribution in [0.15, 0.2) is 24.3 Å². The van der Waals surface area contributed by atoms with Gasteiger partial charge in [-0.15, -0.1) is 0 Å². The van der Waals surface area contributed by atoms with E-state index in [4.69, 9.17) is 11.6 Å². The Bertz CT molecular complexity index is 565. The van der Waals surface area contributed by atoms with Gasteiger partial charge in [-0.3, -0.25) is 14.9 Å². The number of benzene rings is 1. The molecule has 0 aromatic heterocycles. The molecule has 0 heterocycles. The summed E-state index contributed by atoms with van der Waals surface area (Å²) in [6, 6.07) is 6.38. The summed E-state index contributed by atoms with van der Waals surface area (Å²) in [5.74, 6) is -0.708. The van der Waals surface area contributed by atoms with Crippen LogP contribution in [-0.4, -0.2) is 44.5 Å². The predicted octanol–water partition coefficient (Wildman–Crippen LogP) is 0.0290.